The van der Waals surface area contributed by atoms with E-state index in [1.165, 1.54) is 0 Å². The van der Waals surface area contributed by atoms with Gasteiger partial charge in [0.25, 0.3) is 0 Å². The maximum absolute atomic E-state index is 12.0. The van der Waals surface area contributed by atoms with E-state index in [2.05, 4.69) is 15.5 Å². The predicted molar refractivity (Wildman–Crippen MR) is 104 cm³/mol. The van der Waals surface area contributed by atoms with Crippen molar-refractivity contribution in [2.45, 2.75) is 19.8 Å². The van der Waals surface area contributed by atoms with Gasteiger partial charge in [-0.25, -0.2) is 0 Å². The van der Waals surface area contributed by atoms with Crippen molar-refractivity contribution < 1.29 is 18.7 Å². The zero-order valence-electron chi connectivity index (χ0n) is 16.0. The van der Waals surface area contributed by atoms with Crippen LogP contribution in [0.3, 0.4) is 0 Å². The van der Waals surface area contributed by atoms with Gasteiger partial charge in [0.15, 0.2) is 11.5 Å². The summed E-state index contributed by atoms with van der Waals surface area (Å²) in [6.45, 7) is 2.77. The first kappa shape index (κ1) is 19.4. The Morgan fingerprint density at radius 2 is 1.82 bits per heavy atom. The van der Waals surface area contributed by atoms with E-state index in [0.29, 0.717) is 42.9 Å². The molecule has 0 atom stereocenters. The Bertz CT molecular complexity index is 906. The molecule has 0 aliphatic heterocycles. The molecule has 0 aliphatic carbocycles. The van der Waals surface area contributed by atoms with Gasteiger partial charge in [-0.1, -0.05) is 29.8 Å². The number of ether oxygens (including phenoxy) is 2. The van der Waals surface area contributed by atoms with Gasteiger partial charge in [-0.15, -0.1) is 10.2 Å². The van der Waals surface area contributed by atoms with Gasteiger partial charge in [-0.05, 0) is 31.2 Å². The van der Waals surface area contributed by atoms with Gasteiger partial charge >= 0.3 is 0 Å². The fourth-order valence-corrected chi connectivity index (χ4v) is 2.57. The molecule has 0 spiro atoms. The van der Waals surface area contributed by atoms with Crippen LogP contribution in [0.25, 0.3) is 11.5 Å². The summed E-state index contributed by atoms with van der Waals surface area (Å²) in [4.78, 5) is 12.0. The van der Waals surface area contributed by atoms with Crippen molar-refractivity contribution in [3.8, 4) is 23.0 Å². The summed E-state index contributed by atoms with van der Waals surface area (Å²) in [6, 6.07) is 15.2. The fraction of sp³-hybridized carbons (Fsp3) is 0.286. The van der Waals surface area contributed by atoms with Crippen molar-refractivity contribution in [1.29, 1.82) is 0 Å². The first-order valence-corrected chi connectivity index (χ1v) is 9.07. The molecule has 7 heteroatoms. The minimum absolute atomic E-state index is 0.0984. The number of para-hydroxylation sites is 2. The van der Waals surface area contributed by atoms with Gasteiger partial charge in [-0.2, -0.15) is 0 Å². The van der Waals surface area contributed by atoms with Crippen LogP contribution in [-0.2, 0) is 11.2 Å². The van der Waals surface area contributed by atoms with Crippen molar-refractivity contribution in [1.82, 2.24) is 15.5 Å². The smallest absolute Gasteiger partial charge is 0.247 e. The van der Waals surface area contributed by atoms with Crippen molar-refractivity contribution in [3.63, 3.8) is 0 Å². The Morgan fingerprint density at radius 1 is 1.07 bits per heavy atom. The highest BCUT2D eigenvalue weighted by molar-refractivity contribution is 5.76. The molecule has 7 nitrogen and oxygen atoms in total. The van der Waals surface area contributed by atoms with Gasteiger partial charge in [0.05, 0.1) is 13.7 Å². The number of carbonyl (C=O) groups excluding carboxylic acids is 1. The number of nitrogens with zero attached hydrogens (tertiary/aromatic N) is 2. The molecule has 0 radical (unpaired) electrons. The Kier molecular flexibility index (Phi) is 6.62. The third kappa shape index (κ3) is 5.33. The Balaban J connectivity index is 1.39. The first-order chi connectivity index (χ1) is 13.7. The molecular weight excluding hydrogens is 358 g/mol. The summed E-state index contributed by atoms with van der Waals surface area (Å²) in [5.41, 5.74) is 2.03. The molecule has 0 aliphatic rings. The summed E-state index contributed by atoms with van der Waals surface area (Å²) in [5, 5.41) is 10.9. The van der Waals surface area contributed by atoms with Crippen LogP contribution in [-0.4, -0.2) is 36.4 Å². The molecule has 146 valence electrons. The van der Waals surface area contributed by atoms with Gasteiger partial charge in [0.2, 0.25) is 17.7 Å². The Labute approximate surface area is 163 Å². The van der Waals surface area contributed by atoms with Crippen LogP contribution >= 0.6 is 0 Å². The quantitative estimate of drug-likeness (QED) is 0.573. The number of hydrogen-bond acceptors (Lipinski definition) is 6. The van der Waals surface area contributed by atoms with E-state index >= 15 is 0 Å². The zero-order valence-corrected chi connectivity index (χ0v) is 16.0. The second kappa shape index (κ2) is 9.55. The van der Waals surface area contributed by atoms with Crippen molar-refractivity contribution >= 4 is 5.91 Å². The zero-order chi connectivity index (χ0) is 19.8. The average Bonchev–Trinajstić information content (AvgIpc) is 3.19. The number of methoxy groups -OCH3 is 1. The average molecular weight is 381 g/mol. The van der Waals surface area contributed by atoms with Gasteiger partial charge in [0, 0.05) is 18.4 Å². The second-order valence-corrected chi connectivity index (χ2v) is 6.22. The van der Waals surface area contributed by atoms with Crippen molar-refractivity contribution in [2.24, 2.45) is 0 Å². The predicted octanol–water partition coefficient (Wildman–Crippen LogP) is 3.18. The highest BCUT2D eigenvalue weighted by atomic mass is 16.5. The van der Waals surface area contributed by atoms with Crippen molar-refractivity contribution in [2.75, 3.05) is 20.3 Å². The standard InChI is InChI=1S/C21H23N3O4/c1-15-7-9-16(10-8-15)21-24-23-20(28-21)12-11-19(25)22-13-14-27-18-6-4-3-5-17(18)26-2/h3-10H,11-14H2,1-2H3,(H,22,25). The number of aromatic nitrogens is 2. The number of benzene rings is 2. The molecule has 0 saturated carbocycles. The lowest BCUT2D eigenvalue weighted by Gasteiger charge is -2.10. The topological polar surface area (TPSA) is 86.5 Å². The van der Waals surface area contributed by atoms with E-state index in [1.54, 1.807) is 7.11 Å². The fourth-order valence-electron chi connectivity index (χ4n) is 2.57. The molecule has 0 fully saturated rings. The lowest BCUT2D eigenvalue weighted by Crippen LogP contribution is -2.28. The minimum atomic E-state index is -0.0984. The summed E-state index contributed by atoms with van der Waals surface area (Å²) >= 11 is 0. The summed E-state index contributed by atoms with van der Waals surface area (Å²) in [5.74, 6) is 2.11. The summed E-state index contributed by atoms with van der Waals surface area (Å²) in [6.07, 6.45) is 0.655. The molecule has 1 aromatic heterocycles. The van der Waals surface area contributed by atoms with Crippen LogP contribution < -0.4 is 14.8 Å². The monoisotopic (exact) mass is 381 g/mol. The summed E-state index contributed by atoms with van der Waals surface area (Å²) < 4.78 is 16.5. The van der Waals surface area contributed by atoms with Gasteiger partial charge in [-0.3, -0.25) is 4.79 Å². The highest BCUT2D eigenvalue weighted by Gasteiger charge is 2.10. The van der Waals surface area contributed by atoms with Crippen LogP contribution in [0.2, 0.25) is 0 Å². The summed E-state index contributed by atoms with van der Waals surface area (Å²) in [7, 11) is 1.59. The molecule has 0 saturated heterocycles. The van der Waals surface area contributed by atoms with Crippen molar-refractivity contribution in [3.05, 3.63) is 60.0 Å². The Morgan fingerprint density at radius 3 is 2.57 bits per heavy atom. The van der Waals surface area contributed by atoms with E-state index in [-0.39, 0.29) is 12.3 Å². The largest absolute Gasteiger partial charge is 0.493 e. The van der Waals surface area contributed by atoms with Crippen LogP contribution in [0.4, 0.5) is 0 Å². The molecule has 2 aromatic carbocycles. The molecule has 1 N–H and O–H groups in total. The van der Waals surface area contributed by atoms with Crippen LogP contribution in [0.5, 0.6) is 11.5 Å². The third-order valence-electron chi connectivity index (χ3n) is 4.08. The lowest BCUT2D eigenvalue weighted by molar-refractivity contribution is -0.121. The van der Waals surface area contributed by atoms with Crippen LogP contribution in [0.1, 0.15) is 17.9 Å². The third-order valence-corrected chi connectivity index (χ3v) is 4.08. The lowest BCUT2D eigenvalue weighted by atomic mass is 10.1. The molecule has 0 unspecified atom stereocenters. The second-order valence-electron chi connectivity index (χ2n) is 6.22. The minimum Gasteiger partial charge on any atom is -0.493 e. The first-order valence-electron chi connectivity index (χ1n) is 9.07. The van der Waals surface area contributed by atoms with E-state index in [9.17, 15) is 4.79 Å². The maximum Gasteiger partial charge on any atom is 0.247 e. The van der Waals surface area contributed by atoms with E-state index in [4.69, 9.17) is 13.9 Å². The number of nitrogens with one attached hydrogen (secondary N) is 1. The van der Waals surface area contributed by atoms with E-state index < -0.39 is 0 Å². The molecule has 3 rings (SSSR count). The number of amides is 1. The Hall–Kier alpha value is -3.35. The number of carbonyl (C=O) groups is 1. The molecule has 28 heavy (non-hydrogen) atoms. The van der Waals surface area contributed by atoms with Crippen LogP contribution in [0, 0.1) is 6.92 Å². The van der Waals surface area contributed by atoms with Gasteiger partial charge in [0.1, 0.15) is 6.61 Å². The maximum atomic E-state index is 12.0. The number of aryl methyl sites for hydroxylation is 2. The number of rotatable bonds is 9. The molecule has 0 bridgehead atoms. The van der Waals surface area contributed by atoms with E-state index in [1.807, 2.05) is 55.5 Å². The molecule has 1 amide bonds. The molecular formula is C21H23N3O4. The normalized spacial score (nSPS) is 10.5. The van der Waals surface area contributed by atoms with Gasteiger partial charge < -0.3 is 19.2 Å². The SMILES string of the molecule is COc1ccccc1OCCNC(=O)CCc1nnc(-c2ccc(C)cc2)o1. The molecule has 3 aromatic rings. The number of hydrogen-bond donors (Lipinski definition) is 1. The van der Waals surface area contributed by atoms with E-state index in [0.717, 1.165) is 11.1 Å². The van der Waals surface area contributed by atoms with Crippen LogP contribution in [0.15, 0.2) is 52.9 Å². The molecule has 1 heterocycles. The highest BCUT2D eigenvalue weighted by Crippen LogP contribution is 2.25.